The number of carbonyl (C=O) groups is 1. The molecule has 4 N–H and O–H groups in total. The highest BCUT2D eigenvalue weighted by atomic mass is 16.2. The minimum absolute atomic E-state index is 0.150. The Morgan fingerprint density at radius 2 is 2.29 bits per heavy atom. The van der Waals surface area contributed by atoms with Crippen LogP contribution in [-0.4, -0.2) is 37.1 Å². The molecule has 108 valence electrons. The second kappa shape index (κ2) is 5.33. The van der Waals surface area contributed by atoms with Crippen LogP contribution in [0.4, 0.5) is 5.95 Å². The number of aryl methyl sites for hydroxylation is 1. The molecule has 0 radical (unpaired) electrons. The van der Waals surface area contributed by atoms with Crippen molar-refractivity contribution in [2.45, 2.75) is 12.5 Å². The van der Waals surface area contributed by atoms with Gasteiger partial charge >= 0.3 is 0 Å². The highest BCUT2D eigenvalue weighted by molar-refractivity contribution is 5.94. The Balaban J connectivity index is 1.70. The lowest BCUT2D eigenvalue weighted by atomic mass is 10.1. The van der Waals surface area contributed by atoms with E-state index in [1.54, 1.807) is 7.05 Å². The summed E-state index contributed by atoms with van der Waals surface area (Å²) in [6.45, 7) is 0. The monoisotopic (exact) mass is 285 g/mol. The van der Waals surface area contributed by atoms with Crippen LogP contribution >= 0.6 is 0 Å². The topological polar surface area (TPSA) is 115 Å². The molecule has 0 bridgehead atoms. The molecule has 0 aliphatic rings. The molecule has 8 nitrogen and oxygen atoms in total. The maximum atomic E-state index is 12.0. The summed E-state index contributed by atoms with van der Waals surface area (Å²) in [5.41, 5.74) is 7.97. The molecule has 0 aliphatic carbocycles. The number of rotatable bonds is 4. The number of nitrogens with two attached hydrogens (primary N) is 1. The fourth-order valence-corrected chi connectivity index (χ4v) is 2.17. The van der Waals surface area contributed by atoms with Crippen LogP contribution in [0.25, 0.3) is 10.9 Å². The van der Waals surface area contributed by atoms with Gasteiger partial charge in [0, 0.05) is 17.1 Å². The van der Waals surface area contributed by atoms with Crippen molar-refractivity contribution in [2.24, 2.45) is 12.8 Å². The molecule has 2 aromatic heterocycles. The third kappa shape index (κ3) is 2.75. The van der Waals surface area contributed by atoms with Crippen molar-refractivity contribution >= 4 is 22.8 Å². The molecule has 1 unspecified atom stereocenters. The molecule has 0 spiro atoms. The Bertz CT molecular complexity index is 776. The maximum Gasteiger partial charge on any atom is 0.270 e. The lowest BCUT2D eigenvalue weighted by molar-refractivity contribution is -0.117. The van der Waals surface area contributed by atoms with Gasteiger partial charge in [-0.1, -0.05) is 23.3 Å². The number of fused-ring (bicyclic) bond motifs is 1. The minimum Gasteiger partial charge on any atom is -0.361 e. The number of carbonyl (C=O) groups excluding carboxylic acids is 1. The van der Waals surface area contributed by atoms with Crippen LogP contribution in [-0.2, 0) is 18.3 Å². The Hall–Kier alpha value is -2.74. The first-order chi connectivity index (χ1) is 10.1. The van der Waals surface area contributed by atoms with Crippen molar-refractivity contribution in [3.63, 3.8) is 0 Å². The highest BCUT2D eigenvalue weighted by Gasteiger charge is 2.17. The van der Waals surface area contributed by atoms with Crippen LogP contribution in [0, 0.1) is 0 Å². The highest BCUT2D eigenvalue weighted by Crippen LogP contribution is 2.18. The summed E-state index contributed by atoms with van der Waals surface area (Å²) in [6.07, 6.45) is 2.30. The number of aromatic nitrogens is 5. The second-order valence-electron chi connectivity index (χ2n) is 4.76. The molecule has 1 atom stereocenters. The van der Waals surface area contributed by atoms with Crippen molar-refractivity contribution in [2.75, 3.05) is 5.32 Å². The Morgan fingerprint density at radius 1 is 1.48 bits per heavy atom. The summed E-state index contributed by atoms with van der Waals surface area (Å²) in [4.78, 5) is 16.4. The largest absolute Gasteiger partial charge is 0.361 e. The summed E-state index contributed by atoms with van der Waals surface area (Å²) in [7, 11) is 1.62. The van der Waals surface area contributed by atoms with Gasteiger partial charge < -0.3 is 10.7 Å². The molecule has 3 aromatic rings. The van der Waals surface area contributed by atoms with E-state index >= 15 is 0 Å². The Labute approximate surface area is 120 Å². The first-order valence-corrected chi connectivity index (χ1v) is 6.49. The number of tetrazole rings is 1. The van der Waals surface area contributed by atoms with Gasteiger partial charge in [0.1, 0.15) is 0 Å². The van der Waals surface area contributed by atoms with Crippen LogP contribution < -0.4 is 11.1 Å². The van der Waals surface area contributed by atoms with Gasteiger partial charge in [-0.2, -0.15) is 4.80 Å². The zero-order chi connectivity index (χ0) is 14.8. The number of amides is 1. The van der Waals surface area contributed by atoms with E-state index in [-0.39, 0.29) is 11.9 Å². The smallest absolute Gasteiger partial charge is 0.270 e. The fraction of sp³-hybridized carbons (Fsp3) is 0.231. The Morgan fingerprint density at radius 3 is 3.05 bits per heavy atom. The first kappa shape index (κ1) is 13.3. The molecule has 8 heteroatoms. The number of anilines is 1. The van der Waals surface area contributed by atoms with Crippen molar-refractivity contribution in [3.05, 3.63) is 36.0 Å². The molecule has 2 heterocycles. The van der Waals surface area contributed by atoms with E-state index in [0.717, 1.165) is 16.5 Å². The molecular formula is C13H15N7O. The average molecular weight is 285 g/mol. The third-order valence-corrected chi connectivity index (χ3v) is 3.19. The minimum atomic E-state index is -0.687. The van der Waals surface area contributed by atoms with E-state index in [0.29, 0.717) is 6.42 Å². The van der Waals surface area contributed by atoms with Gasteiger partial charge in [-0.05, 0) is 23.3 Å². The van der Waals surface area contributed by atoms with Crippen LogP contribution in [0.5, 0.6) is 0 Å². The van der Waals surface area contributed by atoms with E-state index in [4.69, 9.17) is 5.73 Å². The van der Waals surface area contributed by atoms with E-state index in [1.807, 2.05) is 30.5 Å². The van der Waals surface area contributed by atoms with Crippen LogP contribution in [0.3, 0.4) is 0 Å². The first-order valence-electron chi connectivity index (χ1n) is 6.49. The lowest BCUT2D eigenvalue weighted by Gasteiger charge is -2.09. The molecule has 0 saturated carbocycles. The van der Waals surface area contributed by atoms with Crippen LogP contribution in [0.15, 0.2) is 30.5 Å². The molecule has 1 amide bonds. The average Bonchev–Trinajstić information content (AvgIpc) is 3.06. The quantitative estimate of drug-likeness (QED) is 0.633. The van der Waals surface area contributed by atoms with Crippen molar-refractivity contribution in [3.8, 4) is 0 Å². The number of para-hydroxylation sites is 1. The van der Waals surface area contributed by atoms with E-state index in [9.17, 15) is 4.79 Å². The van der Waals surface area contributed by atoms with E-state index in [1.165, 1.54) is 4.80 Å². The van der Waals surface area contributed by atoms with Crippen molar-refractivity contribution in [1.29, 1.82) is 0 Å². The van der Waals surface area contributed by atoms with Gasteiger partial charge in [-0.15, -0.1) is 5.10 Å². The van der Waals surface area contributed by atoms with Crippen molar-refractivity contribution < 1.29 is 4.79 Å². The predicted molar refractivity (Wildman–Crippen MR) is 77.4 cm³/mol. The standard InChI is InChI=1S/C13H15N7O/c1-20-18-13(17-19-20)16-12(21)10(14)6-8-7-15-11-5-3-2-4-9(8)11/h2-5,7,10,15H,6,14H2,1H3,(H,16,18,21). The lowest BCUT2D eigenvalue weighted by Crippen LogP contribution is -2.37. The predicted octanol–water partition coefficient (Wildman–Crippen LogP) is 0.200. The SMILES string of the molecule is Cn1nnc(NC(=O)C(N)Cc2c[nH]c3ccccc23)n1. The van der Waals surface area contributed by atoms with Crippen LogP contribution in [0.2, 0.25) is 0 Å². The van der Waals surface area contributed by atoms with Crippen molar-refractivity contribution in [1.82, 2.24) is 25.2 Å². The number of H-pyrrole nitrogens is 1. The number of nitrogens with zero attached hydrogens (tertiary/aromatic N) is 4. The number of nitrogens with one attached hydrogen (secondary N) is 2. The van der Waals surface area contributed by atoms with Gasteiger partial charge in [-0.25, -0.2) is 0 Å². The Kier molecular flexibility index (Phi) is 3.36. The van der Waals surface area contributed by atoms with Gasteiger partial charge in [0.2, 0.25) is 5.91 Å². The zero-order valence-corrected chi connectivity index (χ0v) is 11.4. The molecule has 1 aromatic carbocycles. The van der Waals surface area contributed by atoms with Gasteiger partial charge in [0.15, 0.2) is 0 Å². The van der Waals surface area contributed by atoms with E-state index < -0.39 is 6.04 Å². The molecular weight excluding hydrogens is 270 g/mol. The third-order valence-electron chi connectivity index (χ3n) is 3.19. The zero-order valence-electron chi connectivity index (χ0n) is 11.4. The van der Waals surface area contributed by atoms with E-state index in [2.05, 4.69) is 25.7 Å². The fourth-order valence-electron chi connectivity index (χ4n) is 2.17. The number of hydrogen-bond donors (Lipinski definition) is 3. The number of hydrogen-bond acceptors (Lipinski definition) is 5. The molecule has 21 heavy (non-hydrogen) atoms. The number of aromatic amines is 1. The molecule has 0 saturated heterocycles. The molecule has 0 fully saturated rings. The second-order valence-corrected chi connectivity index (χ2v) is 4.76. The summed E-state index contributed by atoms with van der Waals surface area (Å²) in [6, 6.07) is 7.20. The van der Waals surface area contributed by atoms with Gasteiger partial charge in [0.05, 0.1) is 13.1 Å². The molecule has 0 aliphatic heterocycles. The summed E-state index contributed by atoms with van der Waals surface area (Å²) in [5, 5.41) is 14.8. The summed E-state index contributed by atoms with van der Waals surface area (Å²) in [5.74, 6) is -0.190. The maximum absolute atomic E-state index is 12.0. The van der Waals surface area contributed by atoms with Gasteiger partial charge in [-0.3, -0.25) is 10.1 Å². The summed E-state index contributed by atoms with van der Waals surface area (Å²) < 4.78 is 0. The summed E-state index contributed by atoms with van der Waals surface area (Å²) >= 11 is 0. The normalized spacial score (nSPS) is 12.5. The molecule has 3 rings (SSSR count). The van der Waals surface area contributed by atoms with Gasteiger partial charge in [0.25, 0.3) is 5.95 Å². The number of benzene rings is 1. The van der Waals surface area contributed by atoms with Crippen LogP contribution in [0.1, 0.15) is 5.56 Å².